The molecule has 2 aromatic rings. The number of methoxy groups -OCH3 is 2. The second-order valence-corrected chi connectivity index (χ2v) is 7.69. The fourth-order valence-electron chi connectivity index (χ4n) is 2.07. The molecule has 0 saturated heterocycles. The van der Waals surface area contributed by atoms with Crippen LogP contribution in [0.2, 0.25) is 0 Å². The molecule has 0 fully saturated rings. The fourth-order valence-corrected chi connectivity index (χ4v) is 3.05. The molecule has 0 atom stereocenters. The molecule has 134 valence electrons. The number of benzene rings is 2. The number of rotatable bonds is 6. The summed E-state index contributed by atoms with van der Waals surface area (Å²) in [5.74, 6) is 0.509. The Morgan fingerprint density at radius 2 is 1.80 bits per heavy atom. The lowest BCUT2D eigenvalue weighted by Gasteiger charge is -2.13. The Morgan fingerprint density at radius 3 is 2.40 bits per heavy atom. The minimum absolute atomic E-state index is 0.229. The number of carbonyl (C=O) groups excluding carboxylic acids is 1. The molecule has 2 N–H and O–H groups in total. The first-order chi connectivity index (χ1) is 11.7. The van der Waals surface area contributed by atoms with Gasteiger partial charge in [0, 0.05) is 10.2 Å². The summed E-state index contributed by atoms with van der Waals surface area (Å²) in [5, 5.41) is 2.71. The highest BCUT2D eigenvalue weighted by molar-refractivity contribution is 9.10. The van der Waals surface area contributed by atoms with Crippen LogP contribution in [0, 0.1) is 0 Å². The minimum atomic E-state index is -3.49. The van der Waals surface area contributed by atoms with Gasteiger partial charge in [-0.25, -0.2) is 8.42 Å². The van der Waals surface area contributed by atoms with Crippen molar-refractivity contribution in [3.8, 4) is 11.5 Å². The molecule has 0 heterocycles. The van der Waals surface area contributed by atoms with Crippen LogP contribution < -0.4 is 19.5 Å². The van der Waals surface area contributed by atoms with Gasteiger partial charge >= 0.3 is 0 Å². The molecular weight excluding hydrogens is 412 g/mol. The molecule has 7 nitrogen and oxygen atoms in total. The van der Waals surface area contributed by atoms with E-state index >= 15 is 0 Å². The van der Waals surface area contributed by atoms with Crippen LogP contribution in [0.25, 0.3) is 0 Å². The molecule has 0 aliphatic rings. The molecule has 2 rings (SSSR count). The van der Waals surface area contributed by atoms with E-state index in [0.717, 1.165) is 6.26 Å². The molecule has 0 bridgehead atoms. The Kier molecular flexibility index (Phi) is 5.91. The summed E-state index contributed by atoms with van der Waals surface area (Å²) < 4.78 is 36.1. The maximum absolute atomic E-state index is 12.5. The summed E-state index contributed by atoms with van der Waals surface area (Å²) in [6, 6.07) is 9.67. The quantitative estimate of drug-likeness (QED) is 0.736. The topological polar surface area (TPSA) is 93.7 Å². The number of anilines is 2. The maximum atomic E-state index is 12.5. The molecule has 0 saturated carbocycles. The SMILES string of the molecule is COc1ccc(Br)c(C(=O)Nc2ccc(OC)c(NS(C)(=O)=O)c2)c1. The highest BCUT2D eigenvalue weighted by Crippen LogP contribution is 2.29. The fraction of sp³-hybridized carbons (Fsp3) is 0.188. The van der Waals surface area contributed by atoms with E-state index in [9.17, 15) is 13.2 Å². The number of nitrogens with one attached hydrogen (secondary N) is 2. The van der Waals surface area contributed by atoms with Gasteiger partial charge < -0.3 is 14.8 Å². The van der Waals surface area contributed by atoms with E-state index in [0.29, 0.717) is 27.2 Å². The number of hydrogen-bond acceptors (Lipinski definition) is 5. The first-order valence-corrected chi connectivity index (χ1v) is 9.72. The minimum Gasteiger partial charge on any atom is -0.497 e. The third-order valence-electron chi connectivity index (χ3n) is 3.17. The first kappa shape index (κ1) is 19.1. The number of halogens is 1. The summed E-state index contributed by atoms with van der Waals surface area (Å²) in [6.45, 7) is 0. The Hall–Kier alpha value is -2.26. The summed E-state index contributed by atoms with van der Waals surface area (Å²) in [5.41, 5.74) is 1.02. The van der Waals surface area contributed by atoms with E-state index in [-0.39, 0.29) is 11.6 Å². The van der Waals surface area contributed by atoms with Gasteiger partial charge in [0.1, 0.15) is 11.5 Å². The van der Waals surface area contributed by atoms with Crippen LogP contribution in [-0.2, 0) is 10.0 Å². The molecule has 0 radical (unpaired) electrons. The normalized spacial score (nSPS) is 10.9. The van der Waals surface area contributed by atoms with Crippen LogP contribution in [0.15, 0.2) is 40.9 Å². The molecule has 0 aliphatic carbocycles. The van der Waals surface area contributed by atoms with Gasteiger partial charge in [0.15, 0.2) is 0 Å². The van der Waals surface area contributed by atoms with Crippen LogP contribution in [0.1, 0.15) is 10.4 Å². The van der Waals surface area contributed by atoms with Crippen LogP contribution in [0.4, 0.5) is 11.4 Å². The van der Waals surface area contributed by atoms with E-state index in [4.69, 9.17) is 9.47 Å². The zero-order valence-corrected chi connectivity index (χ0v) is 16.2. The van der Waals surface area contributed by atoms with Gasteiger partial charge in [-0.1, -0.05) is 0 Å². The van der Waals surface area contributed by atoms with Crippen molar-refractivity contribution in [1.82, 2.24) is 0 Å². The molecule has 0 spiro atoms. The smallest absolute Gasteiger partial charge is 0.256 e. The summed E-state index contributed by atoms with van der Waals surface area (Å²) in [7, 11) is -0.553. The van der Waals surface area contributed by atoms with Crippen molar-refractivity contribution in [3.05, 3.63) is 46.4 Å². The van der Waals surface area contributed by atoms with Crippen molar-refractivity contribution >= 4 is 43.2 Å². The predicted molar refractivity (Wildman–Crippen MR) is 100 cm³/mol. The van der Waals surface area contributed by atoms with E-state index in [1.165, 1.54) is 20.3 Å². The number of carbonyl (C=O) groups is 1. The monoisotopic (exact) mass is 428 g/mol. The lowest BCUT2D eigenvalue weighted by molar-refractivity contribution is 0.102. The lowest BCUT2D eigenvalue weighted by Crippen LogP contribution is -2.14. The van der Waals surface area contributed by atoms with Crippen molar-refractivity contribution in [2.75, 3.05) is 30.5 Å². The molecule has 0 aliphatic heterocycles. The van der Waals surface area contributed by atoms with Gasteiger partial charge in [-0.05, 0) is 52.3 Å². The van der Waals surface area contributed by atoms with Gasteiger partial charge in [0.2, 0.25) is 10.0 Å². The third kappa shape index (κ3) is 5.10. The van der Waals surface area contributed by atoms with Gasteiger partial charge in [0.25, 0.3) is 5.91 Å². The van der Waals surface area contributed by atoms with E-state index in [2.05, 4.69) is 26.0 Å². The van der Waals surface area contributed by atoms with Crippen molar-refractivity contribution in [3.63, 3.8) is 0 Å². The molecule has 0 unspecified atom stereocenters. The summed E-state index contributed by atoms with van der Waals surface area (Å²) in [6.07, 6.45) is 1.03. The number of ether oxygens (including phenoxy) is 2. The molecule has 0 aromatic heterocycles. The van der Waals surface area contributed by atoms with E-state index in [1.807, 2.05) is 0 Å². The van der Waals surface area contributed by atoms with E-state index < -0.39 is 10.0 Å². The average Bonchev–Trinajstić information content (AvgIpc) is 2.54. The molecule has 25 heavy (non-hydrogen) atoms. The molecule has 2 aromatic carbocycles. The zero-order chi connectivity index (χ0) is 18.6. The maximum Gasteiger partial charge on any atom is 0.256 e. The molecule has 1 amide bonds. The lowest BCUT2D eigenvalue weighted by atomic mass is 10.2. The Balaban J connectivity index is 2.31. The van der Waals surface area contributed by atoms with Crippen molar-refractivity contribution in [2.45, 2.75) is 0 Å². The van der Waals surface area contributed by atoms with Crippen LogP contribution in [0.3, 0.4) is 0 Å². The second kappa shape index (κ2) is 7.75. The zero-order valence-electron chi connectivity index (χ0n) is 13.8. The second-order valence-electron chi connectivity index (χ2n) is 5.09. The molecule has 9 heteroatoms. The summed E-state index contributed by atoms with van der Waals surface area (Å²) in [4.78, 5) is 12.5. The standard InChI is InChI=1S/C16H17BrN2O5S/c1-23-11-5-6-13(17)12(9-11)16(20)18-10-4-7-15(24-2)14(8-10)19-25(3,21)22/h4-9,19H,1-3H3,(H,18,20). The largest absolute Gasteiger partial charge is 0.497 e. The summed E-state index contributed by atoms with van der Waals surface area (Å²) >= 11 is 3.32. The highest BCUT2D eigenvalue weighted by atomic mass is 79.9. The number of hydrogen-bond donors (Lipinski definition) is 2. The Bertz CT molecular complexity index is 899. The van der Waals surface area contributed by atoms with Gasteiger partial charge in [-0.15, -0.1) is 0 Å². The number of amides is 1. The van der Waals surface area contributed by atoms with Crippen molar-refractivity contribution in [1.29, 1.82) is 0 Å². The predicted octanol–water partition coefficient (Wildman–Crippen LogP) is 3.09. The van der Waals surface area contributed by atoms with Gasteiger partial charge in [0.05, 0.1) is 31.7 Å². The van der Waals surface area contributed by atoms with Gasteiger partial charge in [-0.2, -0.15) is 0 Å². The van der Waals surface area contributed by atoms with Crippen molar-refractivity contribution in [2.24, 2.45) is 0 Å². The average molecular weight is 429 g/mol. The van der Waals surface area contributed by atoms with Gasteiger partial charge in [-0.3, -0.25) is 9.52 Å². The van der Waals surface area contributed by atoms with Crippen LogP contribution >= 0.6 is 15.9 Å². The third-order valence-corrected chi connectivity index (χ3v) is 4.45. The number of sulfonamides is 1. The van der Waals surface area contributed by atoms with E-state index in [1.54, 1.807) is 30.3 Å². The highest BCUT2D eigenvalue weighted by Gasteiger charge is 2.14. The Labute approximate surface area is 154 Å². The molecular formula is C16H17BrN2O5S. The first-order valence-electron chi connectivity index (χ1n) is 7.04. The van der Waals surface area contributed by atoms with Crippen LogP contribution in [0.5, 0.6) is 11.5 Å². The Morgan fingerprint density at radius 1 is 1.08 bits per heavy atom. The van der Waals surface area contributed by atoms with Crippen molar-refractivity contribution < 1.29 is 22.7 Å². The van der Waals surface area contributed by atoms with Crippen LogP contribution in [-0.4, -0.2) is 34.8 Å².